The third-order valence-electron chi connectivity index (χ3n) is 3.75. The number of rotatable bonds is 8. The number of nitrogens with one attached hydrogen (secondary N) is 2. The van der Waals surface area contributed by atoms with Crippen LogP contribution in [0.4, 0.5) is 0 Å². The molecule has 1 unspecified atom stereocenters. The minimum absolute atomic E-state index is 0.164. The molecule has 1 aliphatic rings. The number of hydrogen-bond donors (Lipinski definition) is 2. The van der Waals surface area contributed by atoms with Gasteiger partial charge in [-0.1, -0.05) is 39.5 Å². The highest BCUT2D eigenvalue weighted by Gasteiger charge is 2.16. The topological polar surface area (TPSA) is 41.1 Å². The Morgan fingerprint density at radius 3 is 2.44 bits per heavy atom. The van der Waals surface area contributed by atoms with E-state index in [0.29, 0.717) is 18.6 Å². The second-order valence-corrected chi connectivity index (χ2v) is 6.16. The van der Waals surface area contributed by atoms with Crippen LogP contribution in [-0.4, -0.2) is 24.5 Å². The SMILES string of the molecule is CC(C)CCCC(C)NCC(=O)NC1CCCC1. The van der Waals surface area contributed by atoms with Crippen molar-refractivity contribution in [2.75, 3.05) is 6.54 Å². The molecule has 0 spiro atoms. The maximum absolute atomic E-state index is 11.7. The Bertz CT molecular complexity index is 235. The largest absolute Gasteiger partial charge is 0.352 e. The number of carbonyl (C=O) groups is 1. The van der Waals surface area contributed by atoms with Crippen LogP contribution in [0.1, 0.15) is 65.7 Å². The Morgan fingerprint density at radius 1 is 1.17 bits per heavy atom. The van der Waals surface area contributed by atoms with Gasteiger partial charge in [0.25, 0.3) is 0 Å². The van der Waals surface area contributed by atoms with Gasteiger partial charge in [-0.3, -0.25) is 4.79 Å². The molecular weight excluding hydrogens is 224 g/mol. The van der Waals surface area contributed by atoms with Crippen LogP contribution in [0, 0.1) is 5.92 Å². The van der Waals surface area contributed by atoms with Crippen molar-refractivity contribution in [3.8, 4) is 0 Å². The van der Waals surface area contributed by atoms with Gasteiger partial charge in [0.15, 0.2) is 0 Å². The summed E-state index contributed by atoms with van der Waals surface area (Å²) in [6, 6.07) is 0.883. The Kier molecular flexibility index (Phi) is 7.33. The van der Waals surface area contributed by atoms with E-state index in [-0.39, 0.29) is 5.91 Å². The first kappa shape index (κ1) is 15.5. The molecule has 1 saturated carbocycles. The van der Waals surface area contributed by atoms with Crippen molar-refractivity contribution < 1.29 is 4.79 Å². The summed E-state index contributed by atoms with van der Waals surface area (Å²) in [5, 5.41) is 6.43. The van der Waals surface area contributed by atoms with Crippen molar-refractivity contribution >= 4 is 5.91 Å². The standard InChI is InChI=1S/C15H30N2O/c1-12(2)7-6-8-13(3)16-11-15(18)17-14-9-4-5-10-14/h12-14,16H,4-11H2,1-3H3,(H,17,18). The van der Waals surface area contributed by atoms with Crippen LogP contribution in [0.25, 0.3) is 0 Å². The van der Waals surface area contributed by atoms with Crippen LogP contribution in [0.3, 0.4) is 0 Å². The smallest absolute Gasteiger partial charge is 0.234 e. The zero-order valence-corrected chi connectivity index (χ0v) is 12.3. The number of carbonyl (C=O) groups excluding carboxylic acids is 1. The predicted molar refractivity (Wildman–Crippen MR) is 76.6 cm³/mol. The zero-order valence-electron chi connectivity index (χ0n) is 12.3. The van der Waals surface area contributed by atoms with Gasteiger partial charge < -0.3 is 10.6 Å². The molecule has 0 bridgehead atoms. The molecule has 1 fully saturated rings. The molecule has 0 heterocycles. The van der Waals surface area contributed by atoms with Crippen LogP contribution in [0.5, 0.6) is 0 Å². The van der Waals surface area contributed by atoms with Crippen molar-refractivity contribution in [2.24, 2.45) is 5.92 Å². The minimum Gasteiger partial charge on any atom is -0.352 e. The van der Waals surface area contributed by atoms with E-state index in [0.717, 1.165) is 25.2 Å². The van der Waals surface area contributed by atoms with E-state index < -0.39 is 0 Å². The Balaban J connectivity index is 2.02. The van der Waals surface area contributed by atoms with E-state index >= 15 is 0 Å². The van der Waals surface area contributed by atoms with Crippen LogP contribution in [-0.2, 0) is 4.79 Å². The fourth-order valence-electron chi connectivity index (χ4n) is 2.55. The average Bonchev–Trinajstić information content (AvgIpc) is 2.78. The summed E-state index contributed by atoms with van der Waals surface area (Å²) in [5.74, 6) is 0.945. The molecule has 0 aliphatic heterocycles. The second kappa shape index (κ2) is 8.52. The van der Waals surface area contributed by atoms with E-state index in [2.05, 4.69) is 31.4 Å². The molecule has 18 heavy (non-hydrogen) atoms. The van der Waals surface area contributed by atoms with E-state index in [1.54, 1.807) is 0 Å². The number of amides is 1. The molecule has 3 nitrogen and oxygen atoms in total. The van der Waals surface area contributed by atoms with Gasteiger partial charge in [-0.05, 0) is 32.1 Å². The molecule has 0 aromatic rings. The summed E-state index contributed by atoms with van der Waals surface area (Å²) in [5.41, 5.74) is 0. The van der Waals surface area contributed by atoms with Gasteiger partial charge in [-0.2, -0.15) is 0 Å². The molecule has 0 aromatic heterocycles. The van der Waals surface area contributed by atoms with Crippen molar-refractivity contribution in [3.05, 3.63) is 0 Å². The summed E-state index contributed by atoms with van der Waals surface area (Å²) in [6.07, 6.45) is 8.55. The quantitative estimate of drug-likeness (QED) is 0.699. The average molecular weight is 254 g/mol. The summed E-state index contributed by atoms with van der Waals surface area (Å²) >= 11 is 0. The van der Waals surface area contributed by atoms with E-state index in [1.807, 2.05) is 0 Å². The fraction of sp³-hybridized carbons (Fsp3) is 0.933. The molecule has 2 N–H and O–H groups in total. The van der Waals surface area contributed by atoms with Crippen molar-refractivity contribution in [3.63, 3.8) is 0 Å². The molecule has 1 aliphatic carbocycles. The normalized spacial score (nSPS) is 18.2. The summed E-state index contributed by atoms with van der Waals surface area (Å²) in [6.45, 7) is 7.16. The summed E-state index contributed by atoms with van der Waals surface area (Å²) in [7, 11) is 0. The van der Waals surface area contributed by atoms with Gasteiger partial charge in [-0.15, -0.1) is 0 Å². The first-order valence-corrected chi connectivity index (χ1v) is 7.60. The first-order valence-electron chi connectivity index (χ1n) is 7.60. The Morgan fingerprint density at radius 2 is 1.83 bits per heavy atom. The third-order valence-corrected chi connectivity index (χ3v) is 3.75. The van der Waals surface area contributed by atoms with Crippen molar-refractivity contribution in [1.29, 1.82) is 0 Å². The molecule has 1 amide bonds. The maximum Gasteiger partial charge on any atom is 0.234 e. The molecule has 3 heteroatoms. The lowest BCUT2D eigenvalue weighted by molar-refractivity contribution is -0.121. The van der Waals surface area contributed by atoms with Crippen LogP contribution < -0.4 is 10.6 Å². The van der Waals surface area contributed by atoms with Gasteiger partial charge in [0.2, 0.25) is 5.91 Å². The van der Waals surface area contributed by atoms with Crippen LogP contribution >= 0.6 is 0 Å². The molecule has 106 valence electrons. The maximum atomic E-state index is 11.7. The first-order chi connectivity index (χ1) is 8.58. The van der Waals surface area contributed by atoms with Gasteiger partial charge in [0, 0.05) is 12.1 Å². The number of hydrogen-bond acceptors (Lipinski definition) is 2. The van der Waals surface area contributed by atoms with Gasteiger partial charge in [-0.25, -0.2) is 0 Å². The zero-order chi connectivity index (χ0) is 13.4. The molecule has 0 saturated heterocycles. The molecule has 1 atom stereocenters. The monoisotopic (exact) mass is 254 g/mol. The lowest BCUT2D eigenvalue weighted by Crippen LogP contribution is -2.41. The van der Waals surface area contributed by atoms with Gasteiger partial charge in [0.1, 0.15) is 0 Å². The highest BCUT2D eigenvalue weighted by Crippen LogP contribution is 2.17. The highest BCUT2D eigenvalue weighted by molar-refractivity contribution is 5.78. The fourth-order valence-corrected chi connectivity index (χ4v) is 2.55. The highest BCUT2D eigenvalue weighted by atomic mass is 16.1. The predicted octanol–water partition coefficient (Wildman–Crippen LogP) is 2.85. The Hall–Kier alpha value is -0.570. The Labute approximate surface area is 112 Å². The van der Waals surface area contributed by atoms with Crippen LogP contribution in [0.15, 0.2) is 0 Å². The second-order valence-electron chi connectivity index (χ2n) is 6.16. The summed E-state index contributed by atoms with van der Waals surface area (Å²) < 4.78 is 0. The third kappa shape index (κ3) is 7.00. The van der Waals surface area contributed by atoms with E-state index in [1.165, 1.54) is 25.7 Å². The molecule has 0 aromatic carbocycles. The molecule has 1 rings (SSSR count). The minimum atomic E-state index is 0.164. The lowest BCUT2D eigenvalue weighted by Gasteiger charge is -2.16. The lowest BCUT2D eigenvalue weighted by atomic mass is 10.0. The van der Waals surface area contributed by atoms with Crippen LogP contribution in [0.2, 0.25) is 0 Å². The molecular formula is C15H30N2O. The van der Waals surface area contributed by atoms with Crippen molar-refractivity contribution in [2.45, 2.75) is 77.8 Å². The van der Waals surface area contributed by atoms with Gasteiger partial charge in [0.05, 0.1) is 6.54 Å². The van der Waals surface area contributed by atoms with E-state index in [9.17, 15) is 4.79 Å². The van der Waals surface area contributed by atoms with Crippen molar-refractivity contribution in [1.82, 2.24) is 10.6 Å². The summed E-state index contributed by atoms with van der Waals surface area (Å²) in [4.78, 5) is 11.7. The van der Waals surface area contributed by atoms with Gasteiger partial charge >= 0.3 is 0 Å². The van der Waals surface area contributed by atoms with E-state index in [4.69, 9.17) is 0 Å². The molecule has 0 radical (unpaired) electrons.